The lowest BCUT2D eigenvalue weighted by molar-refractivity contribution is 0.198. The molecular formula is C23H36ClIN6. The molecule has 0 amide bonds. The number of halogens is 2. The van der Waals surface area contributed by atoms with E-state index in [4.69, 9.17) is 16.6 Å². The molecule has 0 radical (unpaired) electrons. The number of imidazole rings is 1. The SMILES string of the molecule is CCNC(=NCCCCn1ccnc1C)NC1CCN(Cc2ccc(Cl)cc2)CC1.I. The summed E-state index contributed by atoms with van der Waals surface area (Å²) >= 11 is 5.99. The van der Waals surface area contributed by atoms with Crippen LogP contribution in [0.5, 0.6) is 0 Å². The van der Waals surface area contributed by atoms with E-state index in [9.17, 15) is 0 Å². The maximum absolute atomic E-state index is 5.99. The molecule has 1 fully saturated rings. The molecule has 1 aromatic heterocycles. The van der Waals surface area contributed by atoms with E-state index in [0.29, 0.717) is 6.04 Å². The van der Waals surface area contributed by atoms with Crippen molar-refractivity contribution in [3.8, 4) is 0 Å². The Morgan fingerprint density at radius 1 is 1.19 bits per heavy atom. The number of aliphatic imine (C=N–C) groups is 1. The molecule has 172 valence electrons. The molecule has 0 aliphatic carbocycles. The third kappa shape index (κ3) is 8.98. The average molecular weight is 559 g/mol. The van der Waals surface area contributed by atoms with Crippen molar-refractivity contribution in [3.63, 3.8) is 0 Å². The number of benzene rings is 1. The van der Waals surface area contributed by atoms with Gasteiger partial charge in [0.15, 0.2) is 5.96 Å². The number of aryl methyl sites for hydroxylation is 2. The van der Waals surface area contributed by atoms with Gasteiger partial charge in [0.25, 0.3) is 0 Å². The summed E-state index contributed by atoms with van der Waals surface area (Å²) in [5.74, 6) is 2.03. The summed E-state index contributed by atoms with van der Waals surface area (Å²) in [5, 5.41) is 7.84. The predicted octanol–water partition coefficient (Wildman–Crippen LogP) is 4.46. The molecule has 1 aromatic carbocycles. The minimum Gasteiger partial charge on any atom is -0.357 e. The first kappa shape index (κ1) is 25.9. The topological polar surface area (TPSA) is 57.5 Å². The largest absolute Gasteiger partial charge is 0.357 e. The van der Waals surface area contributed by atoms with E-state index in [1.165, 1.54) is 5.56 Å². The minimum absolute atomic E-state index is 0. The summed E-state index contributed by atoms with van der Waals surface area (Å²) in [4.78, 5) is 11.6. The summed E-state index contributed by atoms with van der Waals surface area (Å²) in [6, 6.07) is 8.67. The maximum atomic E-state index is 5.99. The first-order valence-corrected chi connectivity index (χ1v) is 11.5. The van der Waals surface area contributed by atoms with Crippen LogP contribution < -0.4 is 10.6 Å². The predicted molar refractivity (Wildman–Crippen MR) is 140 cm³/mol. The molecule has 2 N–H and O–H groups in total. The molecule has 31 heavy (non-hydrogen) atoms. The highest BCUT2D eigenvalue weighted by atomic mass is 127. The van der Waals surface area contributed by atoms with Crippen LogP contribution >= 0.6 is 35.6 Å². The Morgan fingerprint density at radius 3 is 2.58 bits per heavy atom. The Balaban J connectivity index is 0.00000341. The summed E-state index contributed by atoms with van der Waals surface area (Å²) in [7, 11) is 0. The van der Waals surface area contributed by atoms with Gasteiger partial charge >= 0.3 is 0 Å². The Bertz CT molecular complexity index is 784. The standard InChI is InChI=1S/C23H35ClN6.HI/c1-3-25-23(27-12-4-5-14-30-17-13-26-19(30)2)28-22-10-15-29(16-11-22)18-20-6-8-21(24)9-7-20;/h6-9,13,17,22H,3-5,10-12,14-16,18H2,1-2H3,(H2,25,27,28);1H. The van der Waals surface area contributed by atoms with Crippen LogP contribution in [0.4, 0.5) is 0 Å². The lowest BCUT2D eigenvalue weighted by atomic mass is 10.0. The third-order valence-electron chi connectivity index (χ3n) is 5.59. The van der Waals surface area contributed by atoms with Gasteiger partial charge in [-0.15, -0.1) is 24.0 Å². The van der Waals surface area contributed by atoms with E-state index >= 15 is 0 Å². The van der Waals surface area contributed by atoms with E-state index in [1.807, 2.05) is 31.5 Å². The van der Waals surface area contributed by atoms with Crippen LogP contribution in [0, 0.1) is 6.92 Å². The molecule has 0 spiro atoms. The number of nitrogens with one attached hydrogen (secondary N) is 2. The highest BCUT2D eigenvalue weighted by molar-refractivity contribution is 14.0. The average Bonchev–Trinajstić information content (AvgIpc) is 3.16. The van der Waals surface area contributed by atoms with Gasteiger partial charge in [-0.25, -0.2) is 4.98 Å². The second-order valence-electron chi connectivity index (χ2n) is 7.96. The van der Waals surface area contributed by atoms with E-state index in [1.54, 1.807) is 0 Å². The molecule has 1 aliphatic rings. The zero-order valence-corrected chi connectivity index (χ0v) is 21.8. The van der Waals surface area contributed by atoms with Crippen molar-refractivity contribution in [3.05, 3.63) is 53.1 Å². The number of unbranched alkanes of at least 4 members (excludes halogenated alkanes) is 1. The summed E-state index contributed by atoms with van der Waals surface area (Å²) in [5.41, 5.74) is 1.33. The molecule has 0 bridgehead atoms. The highest BCUT2D eigenvalue weighted by Crippen LogP contribution is 2.16. The second kappa shape index (κ2) is 14.0. The zero-order chi connectivity index (χ0) is 21.2. The van der Waals surface area contributed by atoms with Gasteiger partial charge in [0, 0.05) is 62.7 Å². The number of rotatable bonds is 9. The normalized spacial score (nSPS) is 15.5. The zero-order valence-electron chi connectivity index (χ0n) is 18.7. The third-order valence-corrected chi connectivity index (χ3v) is 5.84. The van der Waals surface area contributed by atoms with Crippen molar-refractivity contribution in [2.24, 2.45) is 4.99 Å². The van der Waals surface area contributed by atoms with Crippen molar-refractivity contribution in [1.82, 2.24) is 25.1 Å². The molecule has 0 unspecified atom stereocenters. The Hall–Kier alpha value is -1.32. The van der Waals surface area contributed by atoms with E-state index in [2.05, 4.69) is 44.1 Å². The molecule has 0 saturated carbocycles. The van der Waals surface area contributed by atoms with Crippen molar-refractivity contribution in [2.45, 2.75) is 58.7 Å². The fourth-order valence-electron chi connectivity index (χ4n) is 3.82. The first-order valence-electron chi connectivity index (χ1n) is 11.1. The van der Waals surface area contributed by atoms with Crippen LogP contribution in [0.3, 0.4) is 0 Å². The molecule has 3 rings (SSSR count). The van der Waals surface area contributed by atoms with Gasteiger partial charge in [-0.2, -0.15) is 0 Å². The Kier molecular flexibility index (Phi) is 11.7. The fourth-order valence-corrected chi connectivity index (χ4v) is 3.95. The van der Waals surface area contributed by atoms with Crippen LogP contribution in [0.1, 0.15) is 44.0 Å². The van der Waals surface area contributed by atoms with Gasteiger partial charge in [-0.05, 0) is 57.2 Å². The monoisotopic (exact) mass is 558 g/mol. The van der Waals surface area contributed by atoms with Gasteiger partial charge in [0.2, 0.25) is 0 Å². The molecule has 8 heteroatoms. The van der Waals surface area contributed by atoms with Crippen molar-refractivity contribution < 1.29 is 0 Å². The van der Waals surface area contributed by atoms with Crippen LogP contribution in [-0.2, 0) is 13.1 Å². The van der Waals surface area contributed by atoms with Crippen molar-refractivity contribution in [2.75, 3.05) is 26.2 Å². The van der Waals surface area contributed by atoms with Gasteiger partial charge in [-0.3, -0.25) is 9.89 Å². The van der Waals surface area contributed by atoms with Crippen LogP contribution in [0.15, 0.2) is 41.7 Å². The lowest BCUT2D eigenvalue weighted by Gasteiger charge is -2.33. The molecule has 0 atom stereocenters. The quantitative estimate of drug-likeness (QED) is 0.207. The number of nitrogens with zero attached hydrogens (tertiary/aromatic N) is 4. The smallest absolute Gasteiger partial charge is 0.191 e. The first-order chi connectivity index (χ1) is 14.6. The Labute approximate surface area is 208 Å². The van der Waals surface area contributed by atoms with Gasteiger partial charge in [-0.1, -0.05) is 23.7 Å². The maximum Gasteiger partial charge on any atom is 0.191 e. The lowest BCUT2D eigenvalue weighted by Crippen LogP contribution is -2.48. The molecule has 1 saturated heterocycles. The molecule has 1 aliphatic heterocycles. The van der Waals surface area contributed by atoms with Gasteiger partial charge < -0.3 is 15.2 Å². The van der Waals surface area contributed by atoms with Crippen molar-refractivity contribution in [1.29, 1.82) is 0 Å². The van der Waals surface area contributed by atoms with E-state index < -0.39 is 0 Å². The number of likely N-dealkylation sites (tertiary alicyclic amines) is 1. The molecule has 2 heterocycles. The number of guanidine groups is 1. The fraction of sp³-hybridized carbons (Fsp3) is 0.565. The number of hydrogen-bond donors (Lipinski definition) is 2. The van der Waals surface area contributed by atoms with Crippen molar-refractivity contribution >= 4 is 41.5 Å². The number of piperidine rings is 1. The summed E-state index contributed by atoms with van der Waals surface area (Å²) < 4.78 is 2.20. The van der Waals surface area contributed by atoms with E-state index in [-0.39, 0.29) is 24.0 Å². The van der Waals surface area contributed by atoms with Crippen LogP contribution in [0.25, 0.3) is 0 Å². The minimum atomic E-state index is 0. The van der Waals surface area contributed by atoms with Gasteiger partial charge in [0.1, 0.15) is 5.82 Å². The summed E-state index contributed by atoms with van der Waals surface area (Å²) in [6.07, 6.45) is 8.37. The molecule has 2 aromatic rings. The number of aromatic nitrogens is 2. The van der Waals surface area contributed by atoms with E-state index in [0.717, 1.165) is 81.8 Å². The molecular weight excluding hydrogens is 523 g/mol. The van der Waals surface area contributed by atoms with Crippen LogP contribution in [0.2, 0.25) is 5.02 Å². The highest BCUT2D eigenvalue weighted by Gasteiger charge is 2.20. The van der Waals surface area contributed by atoms with Gasteiger partial charge in [0.05, 0.1) is 0 Å². The number of hydrogen-bond acceptors (Lipinski definition) is 3. The van der Waals surface area contributed by atoms with Crippen LogP contribution in [-0.4, -0.2) is 52.6 Å². The summed E-state index contributed by atoms with van der Waals surface area (Å²) in [6.45, 7) is 10.1. The molecule has 6 nitrogen and oxygen atoms in total. The second-order valence-corrected chi connectivity index (χ2v) is 8.39. The Morgan fingerprint density at radius 2 is 1.94 bits per heavy atom.